The summed E-state index contributed by atoms with van der Waals surface area (Å²) in [6.07, 6.45) is 1.54. The van der Waals surface area contributed by atoms with E-state index < -0.39 is 5.54 Å². The van der Waals surface area contributed by atoms with Gasteiger partial charge >= 0.3 is 0 Å². The molecule has 0 radical (unpaired) electrons. The highest BCUT2D eigenvalue weighted by molar-refractivity contribution is 6.08. The fraction of sp³-hybridized carbons (Fsp3) is 0.333. The lowest BCUT2D eigenvalue weighted by molar-refractivity contribution is -0.124. The van der Waals surface area contributed by atoms with Crippen LogP contribution in [0.2, 0.25) is 0 Å². The van der Waals surface area contributed by atoms with Crippen LogP contribution < -0.4 is 20.9 Å². The Kier molecular flexibility index (Phi) is 5.91. The Hall–Kier alpha value is -2.57. The number of amides is 2. The number of carbonyl (C=O) groups is 2. The zero-order valence-corrected chi connectivity index (χ0v) is 16.6. The first-order valence-electron chi connectivity index (χ1n) is 9.34. The van der Waals surface area contributed by atoms with Crippen LogP contribution in [0.15, 0.2) is 48.5 Å². The maximum atomic E-state index is 13.5. The Balaban J connectivity index is 0.00000225. The van der Waals surface area contributed by atoms with Gasteiger partial charge < -0.3 is 20.9 Å². The molecule has 3 N–H and O–H groups in total. The summed E-state index contributed by atoms with van der Waals surface area (Å²) in [5.41, 5.74) is 2.98. The number of nitrogens with zero attached hydrogens (tertiary/aromatic N) is 1. The summed E-state index contributed by atoms with van der Waals surface area (Å²) in [4.78, 5) is 27.1. The second-order valence-corrected chi connectivity index (χ2v) is 7.14. The van der Waals surface area contributed by atoms with E-state index in [0.29, 0.717) is 12.1 Å². The minimum Gasteiger partial charge on any atom is -0.369 e. The molecule has 2 aromatic rings. The summed E-state index contributed by atoms with van der Waals surface area (Å²) in [5.74, 6) is 0.0110. The molecule has 1 fully saturated rings. The normalized spacial score (nSPS) is 17.3. The van der Waals surface area contributed by atoms with Crippen LogP contribution in [0.4, 0.5) is 11.4 Å². The van der Waals surface area contributed by atoms with E-state index in [-0.39, 0.29) is 24.2 Å². The summed E-state index contributed by atoms with van der Waals surface area (Å²) in [6.45, 7) is 2.14. The zero-order chi connectivity index (χ0) is 18.9. The number of rotatable bonds is 3. The average Bonchev–Trinajstić information content (AvgIpc) is 2.72. The molecule has 148 valence electrons. The Morgan fingerprint density at radius 1 is 1.11 bits per heavy atom. The minimum absolute atomic E-state index is 0. The predicted octanol–water partition coefficient (Wildman–Crippen LogP) is 2.55. The van der Waals surface area contributed by atoms with E-state index in [1.54, 1.807) is 19.2 Å². The first-order valence-corrected chi connectivity index (χ1v) is 9.34. The van der Waals surface area contributed by atoms with Crippen molar-refractivity contribution in [2.45, 2.75) is 24.9 Å². The summed E-state index contributed by atoms with van der Waals surface area (Å²) in [6, 6.07) is 15.4. The number of para-hydroxylation sites is 2. The topological polar surface area (TPSA) is 73.5 Å². The molecule has 2 aromatic carbocycles. The Morgan fingerprint density at radius 2 is 1.79 bits per heavy atom. The van der Waals surface area contributed by atoms with Crippen molar-refractivity contribution in [3.05, 3.63) is 59.7 Å². The molecule has 0 aromatic heterocycles. The van der Waals surface area contributed by atoms with Crippen LogP contribution in [0.25, 0.3) is 0 Å². The number of carbonyl (C=O) groups excluding carboxylic acids is 2. The van der Waals surface area contributed by atoms with E-state index in [4.69, 9.17) is 0 Å². The molecule has 1 spiro atoms. The van der Waals surface area contributed by atoms with Gasteiger partial charge in [0, 0.05) is 12.6 Å². The molecule has 2 aliphatic rings. The van der Waals surface area contributed by atoms with Crippen LogP contribution in [-0.4, -0.2) is 37.5 Å². The molecule has 0 atom stereocenters. The monoisotopic (exact) mass is 400 g/mol. The van der Waals surface area contributed by atoms with E-state index in [1.165, 1.54) is 0 Å². The Labute approximate surface area is 171 Å². The van der Waals surface area contributed by atoms with Crippen LogP contribution in [0, 0.1) is 0 Å². The van der Waals surface area contributed by atoms with E-state index in [1.807, 2.05) is 41.3 Å². The van der Waals surface area contributed by atoms with Gasteiger partial charge in [0.25, 0.3) is 11.8 Å². The molecular formula is C21H25ClN4O2. The second kappa shape index (κ2) is 8.20. The lowest BCUT2D eigenvalue weighted by Gasteiger charge is -2.46. The molecule has 1 saturated heterocycles. The molecule has 28 heavy (non-hydrogen) atoms. The van der Waals surface area contributed by atoms with Crippen LogP contribution in [-0.2, 0) is 11.3 Å². The van der Waals surface area contributed by atoms with Gasteiger partial charge in [-0.2, -0.15) is 0 Å². The molecule has 2 heterocycles. The van der Waals surface area contributed by atoms with E-state index in [9.17, 15) is 9.59 Å². The number of anilines is 2. The molecule has 0 saturated carbocycles. The summed E-state index contributed by atoms with van der Waals surface area (Å²) < 4.78 is 0. The molecule has 2 aliphatic heterocycles. The van der Waals surface area contributed by atoms with Gasteiger partial charge in [-0.3, -0.25) is 9.59 Å². The van der Waals surface area contributed by atoms with E-state index >= 15 is 0 Å². The van der Waals surface area contributed by atoms with Crippen LogP contribution in [0.5, 0.6) is 0 Å². The number of benzene rings is 2. The average molecular weight is 401 g/mol. The quantitative estimate of drug-likeness (QED) is 0.740. The summed E-state index contributed by atoms with van der Waals surface area (Å²) in [7, 11) is 1.62. The number of nitrogens with one attached hydrogen (secondary N) is 3. The van der Waals surface area contributed by atoms with Gasteiger partial charge in [0.2, 0.25) is 0 Å². The van der Waals surface area contributed by atoms with Gasteiger partial charge in [0.05, 0.1) is 17.9 Å². The fourth-order valence-electron chi connectivity index (χ4n) is 3.93. The molecule has 0 unspecified atom stereocenters. The first kappa shape index (κ1) is 20.2. The minimum atomic E-state index is -0.540. The molecule has 4 rings (SSSR count). The van der Waals surface area contributed by atoms with E-state index in [0.717, 1.165) is 42.9 Å². The maximum absolute atomic E-state index is 13.5. The third-order valence-electron chi connectivity index (χ3n) is 5.46. The Bertz CT molecular complexity index is 863. The van der Waals surface area contributed by atoms with Crippen molar-refractivity contribution in [2.24, 2.45) is 0 Å². The van der Waals surface area contributed by atoms with Gasteiger partial charge in [-0.05, 0) is 55.8 Å². The van der Waals surface area contributed by atoms with Crippen molar-refractivity contribution >= 4 is 35.6 Å². The maximum Gasteiger partial charge on any atom is 0.253 e. The van der Waals surface area contributed by atoms with Gasteiger partial charge in [-0.25, -0.2) is 0 Å². The lowest BCUT2D eigenvalue weighted by atomic mass is 9.84. The highest BCUT2D eigenvalue weighted by atomic mass is 35.5. The number of halogens is 1. The van der Waals surface area contributed by atoms with Crippen molar-refractivity contribution in [1.29, 1.82) is 0 Å². The van der Waals surface area contributed by atoms with Crippen molar-refractivity contribution < 1.29 is 9.59 Å². The standard InChI is InChI=1S/C21H24N4O2.ClH/c1-22-19(26)16-8-6-15(7-9-16)14-25-18-5-3-2-4-17(18)24-21(20(25)27)10-12-23-13-11-21;/h2-9,23-24H,10-14H2,1H3,(H,22,26);1H. The van der Waals surface area contributed by atoms with Crippen molar-refractivity contribution in [3.8, 4) is 0 Å². The molecular weight excluding hydrogens is 376 g/mol. The third-order valence-corrected chi connectivity index (χ3v) is 5.46. The number of hydrogen-bond acceptors (Lipinski definition) is 4. The number of fused-ring (bicyclic) bond motifs is 1. The summed E-state index contributed by atoms with van der Waals surface area (Å²) in [5, 5.41) is 9.49. The van der Waals surface area contributed by atoms with Crippen molar-refractivity contribution in [3.63, 3.8) is 0 Å². The largest absolute Gasteiger partial charge is 0.369 e. The third kappa shape index (κ3) is 3.57. The molecule has 7 heteroatoms. The van der Waals surface area contributed by atoms with Crippen LogP contribution in [0.1, 0.15) is 28.8 Å². The van der Waals surface area contributed by atoms with Crippen LogP contribution in [0.3, 0.4) is 0 Å². The Morgan fingerprint density at radius 3 is 2.46 bits per heavy atom. The smallest absolute Gasteiger partial charge is 0.253 e. The zero-order valence-electron chi connectivity index (χ0n) is 15.8. The van der Waals surface area contributed by atoms with Gasteiger partial charge in [0.15, 0.2) is 0 Å². The summed E-state index contributed by atoms with van der Waals surface area (Å²) >= 11 is 0. The SMILES string of the molecule is CNC(=O)c1ccc(CN2C(=O)C3(CCNCC3)Nc3ccccc32)cc1.Cl. The van der Waals surface area contributed by atoms with E-state index in [2.05, 4.69) is 16.0 Å². The number of hydrogen-bond donors (Lipinski definition) is 3. The number of piperidine rings is 1. The highest BCUT2D eigenvalue weighted by Gasteiger charge is 2.46. The highest BCUT2D eigenvalue weighted by Crippen LogP contribution is 2.39. The van der Waals surface area contributed by atoms with Gasteiger partial charge in [0.1, 0.15) is 5.54 Å². The van der Waals surface area contributed by atoms with Crippen molar-refractivity contribution in [1.82, 2.24) is 10.6 Å². The molecule has 0 aliphatic carbocycles. The first-order chi connectivity index (χ1) is 13.1. The van der Waals surface area contributed by atoms with Gasteiger partial charge in [-0.15, -0.1) is 12.4 Å². The fourth-order valence-corrected chi connectivity index (χ4v) is 3.93. The predicted molar refractivity (Wildman–Crippen MR) is 113 cm³/mol. The second-order valence-electron chi connectivity index (χ2n) is 7.14. The van der Waals surface area contributed by atoms with Crippen molar-refractivity contribution in [2.75, 3.05) is 30.4 Å². The van der Waals surface area contributed by atoms with Gasteiger partial charge in [-0.1, -0.05) is 24.3 Å². The van der Waals surface area contributed by atoms with Crippen LogP contribution >= 0.6 is 12.4 Å². The molecule has 2 amide bonds. The molecule has 0 bridgehead atoms. The lowest BCUT2D eigenvalue weighted by Crippen LogP contribution is -2.61. The molecule has 6 nitrogen and oxygen atoms in total.